The molecule has 0 radical (unpaired) electrons. The number of methoxy groups -OCH3 is 1. The van der Waals surface area contributed by atoms with Gasteiger partial charge in [0, 0.05) is 17.0 Å². The number of hydrogen-bond donors (Lipinski definition) is 1. The molecule has 1 atom stereocenters. The van der Waals surface area contributed by atoms with Crippen molar-refractivity contribution in [2.45, 2.75) is 23.0 Å². The Morgan fingerprint density at radius 1 is 1.00 bits per heavy atom. The number of thioether (sulfide) groups is 1. The zero-order chi connectivity index (χ0) is 22.5. The van der Waals surface area contributed by atoms with Crippen LogP contribution in [0.3, 0.4) is 0 Å². The van der Waals surface area contributed by atoms with Crippen LogP contribution in [0.4, 0.5) is 11.4 Å². The number of nitrogens with zero attached hydrogens (tertiary/aromatic N) is 1. The molecule has 0 aliphatic carbocycles. The lowest BCUT2D eigenvalue weighted by Crippen LogP contribution is -2.31. The van der Waals surface area contributed by atoms with E-state index in [4.69, 9.17) is 4.74 Å². The van der Waals surface area contributed by atoms with Crippen molar-refractivity contribution < 1.29 is 19.1 Å². The Bertz CT molecular complexity index is 1110. The molecule has 3 aromatic rings. The molecule has 0 bridgehead atoms. The summed E-state index contributed by atoms with van der Waals surface area (Å²) in [5, 5.41) is 2.39. The molecule has 1 saturated heterocycles. The third-order valence-corrected chi connectivity index (χ3v) is 6.26. The Morgan fingerprint density at radius 3 is 2.34 bits per heavy atom. The Labute approximate surface area is 190 Å². The second-order valence-electron chi connectivity index (χ2n) is 7.31. The predicted octanol–water partition coefficient (Wildman–Crippen LogP) is 4.30. The number of benzene rings is 3. The van der Waals surface area contributed by atoms with Crippen LogP contribution in [0.25, 0.3) is 0 Å². The SMILES string of the molecule is COc1ccc(N2C(=O)C[C@@H](Sc3ccc(NC(=O)Cc4ccccc4)cc3)C2=O)cc1. The van der Waals surface area contributed by atoms with Gasteiger partial charge in [0.1, 0.15) is 5.75 Å². The fraction of sp³-hybridized carbons (Fsp3) is 0.160. The molecule has 1 aliphatic heterocycles. The molecule has 0 aromatic heterocycles. The average molecular weight is 447 g/mol. The van der Waals surface area contributed by atoms with Crippen molar-refractivity contribution >= 4 is 40.9 Å². The van der Waals surface area contributed by atoms with Crippen LogP contribution in [0, 0.1) is 0 Å². The summed E-state index contributed by atoms with van der Waals surface area (Å²) in [4.78, 5) is 39.6. The zero-order valence-corrected chi connectivity index (χ0v) is 18.3. The van der Waals surface area contributed by atoms with Gasteiger partial charge in [0.15, 0.2) is 0 Å². The van der Waals surface area contributed by atoms with Crippen molar-refractivity contribution in [1.29, 1.82) is 0 Å². The van der Waals surface area contributed by atoms with Crippen LogP contribution in [-0.4, -0.2) is 30.1 Å². The van der Waals surface area contributed by atoms with Gasteiger partial charge >= 0.3 is 0 Å². The average Bonchev–Trinajstić information content (AvgIpc) is 3.08. The number of ether oxygens (including phenoxy) is 1. The largest absolute Gasteiger partial charge is 0.497 e. The lowest BCUT2D eigenvalue weighted by Gasteiger charge is -2.15. The third kappa shape index (κ3) is 5.00. The first-order valence-corrected chi connectivity index (χ1v) is 11.0. The molecule has 1 N–H and O–H groups in total. The quantitative estimate of drug-likeness (QED) is 0.548. The molecule has 0 saturated carbocycles. The number of hydrogen-bond acceptors (Lipinski definition) is 5. The number of anilines is 2. The number of rotatable bonds is 7. The zero-order valence-electron chi connectivity index (χ0n) is 17.5. The van der Waals surface area contributed by atoms with Gasteiger partial charge in [-0.05, 0) is 54.1 Å². The highest BCUT2D eigenvalue weighted by Gasteiger charge is 2.40. The monoisotopic (exact) mass is 446 g/mol. The fourth-order valence-electron chi connectivity index (χ4n) is 3.47. The number of imide groups is 1. The number of carbonyl (C=O) groups excluding carboxylic acids is 3. The first kappa shape index (κ1) is 21.6. The molecule has 4 rings (SSSR count). The second kappa shape index (κ2) is 9.70. The Balaban J connectivity index is 1.36. The third-order valence-electron chi connectivity index (χ3n) is 5.06. The van der Waals surface area contributed by atoms with E-state index in [1.54, 1.807) is 43.5 Å². The van der Waals surface area contributed by atoms with Crippen molar-refractivity contribution in [3.63, 3.8) is 0 Å². The summed E-state index contributed by atoms with van der Waals surface area (Å²) in [6, 6.07) is 23.7. The predicted molar refractivity (Wildman–Crippen MR) is 125 cm³/mol. The van der Waals surface area contributed by atoms with Gasteiger partial charge in [-0.15, -0.1) is 11.8 Å². The Morgan fingerprint density at radius 2 is 1.69 bits per heavy atom. The van der Waals surface area contributed by atoms with E-state index >= 15 is 0 Å². The van der Waals surface area contributed by atoms with Gasteiger partial charge in [-0.25, -0.2) is 4.90 Å². The molecule has 1 aliphatic rings. The summed E-state index contributed by atoms with van der Waals surface area (Å²) in [6.45, 7) is 0. The number of amides is 3. The van der Waals surface area contributed by atoms with Gasteiger partial charge in [0.05, 0.1) is 24.5 Å². The van der Waals surface area contributed by atoms with Crippen molar-refractivity contribution in [1.82, 2.24) is 0 Å². The first-order valence-electron chi connectivity index (χ1n) is 10.1. The maximum atomic E-state index is 12.9. The molecular formula is C25H22N2O4S. The summed E-state index contributed by atoms with van der Waals surface area (Å²) in [6.07, 6.45) is 0.447. The first-order chi connectivity index (χ1) is 15.5. The van der Waals surface area contributed by atoms with E-state index in [1.807, 2.05) is 42.5 Å². The van der Waals surface area contributed by atoms with Gasteiger partial charge in [0.25, 0.3) is 0 Å². The number of nitrogens with one attached hydrogen (secondary N) is 1. The summed E-state index contributed by atoms with van der Waals surface area (Å²) in [7, 11) is 1.56. The second-order valence-corrected chi connectivity index (χ2v) is 8.59. The van der Waals surface area contributed by atoms with Crippen LogP contribution >= 0.6 is 11.8 Å². The summed E-state index contributed by atoms with van der Waals surface area (Å²) >= 11 is 1.35. The van der Waals surface area contributed by atoms with Crippen LogP contribution in [0.5, 0.6) is 5.75 Å². The van der Waals surface area contributed by atoms with Gasteiger partial charge in [-0.3, -0.25) is 14.4 Å². The minimum Gasteiger partial charge on any atom is -0.497 e. The van der Waals surface area contributed by atoms with E-state index in [2.05, 4.69) is 5.32 Å². The molecule has 6 nitrogen and oxygen atoms in total. The van der Waals surface area contributed by atoms with E-state index in [-0.39, 0.29) is 24.1 Å². The van der Waals surface area contributed by atoms with E-state index in [1.165, 1.54) is 16.7 Å². The minimum atomic E-state index is -0.483. The number of carbonyl (C=O) groups is 3. The molecule has 1 fully saturated rings. The van der Waals surface area contributed by atoms with Gasteiger partial charge in [-0.1, -0.05) is 30.3 Å². The smallest absolute Gasteiger partial charge is 0.247 e. The van der Waals surface area contributed by atoms with Crippen LogP contribution in [-0.2, 0) is 20.8 Å². The molecular weight excluding hydrogens is 424 g/mol. The van der Waals surface area contributed by atoms with Crippen LogP contribution < -0.4 is 15.0 Å². The molecule has 7 heteroatoms. The van der Waals surface area contributed by atoms with E-state index in [0.29, 0.717) is 23.5 Å². The van der Waals surface area contributed by atoms with Crippen molar-refractivity contribution in [3.8, 4) is 5.75 Å². The molecule has 0 unspecified atom stereocenters. The molecule has 162 valence electrons. The van der Waals surface area contributed by atoms with Crippen molar-refractivity contribution in [2.24, 2.45) is 0 Å². The normalized spacial score (nSPS) is 15.7. The maximum absolute atomic E-state index is 12.9. The van der Waals surface area contributed by atoms with E-state index in [0.717, 1.165) is 10.5 Å². The lowest BCUT2D eigenvalue weighted by atomic mass is 10.1. The standard InChI is InChI=1S/C25H22N2O4S/c1-31-20-11-9-19(10-12-20)27-24(29)16-22(25(27)30)32-21-13-7-18(8-14-21)26-23(28)15-17-5-3-2-4-6-17/h2-14,22H,15-16H2,1H3,(H,26,28)/t22-/m1/s1. The fourth-order valence-corrected chi connectivity index (χ4v) is 4.52. The van der Waals surface area contributed by atoms with Crippen LogP contribution in [0.2, 0.25) is 0 Å². The summed E-state index contributed by atoms with van der Waals surface area (Å²) in [5.41, 5.74) is 2.17. The van der Waals surface area contributed by atoms with Crippen LogP contribution in [0.1, 0.15) is 12.0 Å². The lowest BCUT2D eigenvalue weighted by molar-refractivity contribution is -0.121. The van der Waals surface area contributed by atoms with Gasteiger partial charge < -0.3 is 10.1 Å². The summed E-state index contributed by atoms with van der Waals surface area (Å²) in [5.74, 6) is 0.117. The molecule has 32 heavy (non-hydrogen) atoms. The molecule has 3 aromatic carbocycles. The molecule has 3 amide bonds. The Kier molecular flexibility index (Phi) is 6.56. The van der Waals surface area contributed by atoms with E-state index < -0.39 is 5.25 Å². The molecule has 0 spiro atoms. The maximum Gasteiger partial charge on any atom is 0.247 e. The highest BCUT2D eigenvalue weighted by Crippen LogP contribution is 2.34. The van der Waals surface area contributed by atoms with Gasteiger partial charge in [0.2, 0.25) is 17.7 Å². The Hall–Kier alpha value is -3.58. The summed E-state index contributed by atoms with van der Waals surface area (Å²) < 4.78 is 5.13. The van der Waals surface area contributed by atoms with Crippen molar-refractivity contribution in [3.05, 3.63) is 84.4 Å². The topological polar surface area (TPSA) is 75.7 Å². The van der Waals surface area contributed by atoms with Crippen molar-refractivity contribution in [2.75, 3.05) is 17.3 Å². The van der Waals surface area contributed by atoms with Crippen LogP contribution in [0.15, 0.2) is 83.8 Å². The highest BCUT2D eigenvalue weighted by atomic mass is 32.2. The van der Waals surface area contributed by atoms with E-state index in [9.17, 15) is 14.4 Å². The minimum absolute atomic E-state index is 0.0942. The molecule has 1 heterocycles. The highest BCUT2D eigenvalue weighted by molar-refractivity contribution is 8.00. The van der Waals surface area contributed by atoms with Gasteiger partial charge in [-0.2, -0.15) is 0 Å².